The number of halogens is 1. The minimum absolute atomic E-state index is 0.0382. The summed E-state index contributed by atoms with van der Waals surface area (Å²) in [4.78, 5) is 0. The van der Waals surface area contributed by atoms with Crippen LogP contribution in [0, 0.1) is 0 Å². The largest absolute Gasteiger partial charge is 0.366 e. The van der Waals surface area contributed by atoms with Crippen LogP contribution in [-0.4, -0.2) is 21.5 Å². The van der Waals surface area contributed by atoms with E-state index >= 15 is 0 Å². The molecule has 0 aliphatic carbocycles. The molecule has 0 bridgehead atoms. The Morgan fingerprint density at radius 3 is 2.56 bits per heavy atom. The van der Waals surface area contributed by atoms with Gasteiger partial charge in [-0.2, -0.15) is 0 Å². The van der Waals surface area contributed by atoms with Crippen molar-refractivity contribution in [2.24, 2.45) is 0 Å². The molecule has 0 heterocycles. The lowest BCUT2D eigenvalue weighted by molar-refractivity contribution is 0.179. The van der Waals surface area contributed by atoms with E-state index in [1.807, 2.05) is 0 Å². The molecule has 0 saturated heterocycles. The third kappa shape index (κ3) is 8.47. The topological polar surface area (TPSA) is 9.23 Å². The summed E-state index contributed by atoms with van der Waals surface area (Å²) < 4.78 is 4.97. The van der Waals surface area contributed by atoms with Gasteiger partial charge in [0.15, 0.2) is 0 Å². The summed E-state index contributed by atoms with van der Waals surface area (Å²) >= 11 is 5.30. The lowest BCUT2D eigenvalue weighted by Gasteiger charge is -2.01. The maximum Gasteiger partial charge on any atom is 0.120 e. The van der Waals surface area contributed by atoms with Crippen LogP contribution in [0.2, 0.25) is 19.1 Å². The molecule has 0 aromatic rings. The Labute approximate surface area is 64.0 Å². The smallest absolute Gasteiger partial charge is 0.120 e. The number of hydrogen-bond acceptors (Lipinski definition) is 1. The van der Waals surface area contributed by atoms with E-state index < -0.39 is 0 Å². The highest BCUT2D eigenvalue weighted by Crippen LogP contribution is 1.97. The second-order valence-electron chi connectivity index (χ2n) is 2.33. The number of ether oxygens (including phenoxy) is 1. The van der Waals surface area contributed by atoms with Gasteiger partial charge >= 0.3 is 0 Å². The van der Waals surface area contributed by atoms with Gasteiger partial charge in [-0.3, -0.25) is 0 Å². The third-order valence-corrected chi connectivity index (χ3v) is 2.55. The van der Waals surface area contributed by atoms with Crippen molar-refractivity contribution in [1.82, 2.24) is 0 Å². The lowest BCUT2D eigenvalue weighted by atomic mass is 10.5. The van der Waals surface area contributed by atoms with Crippen molar-refractivity contribution in [3.63, 3.8) is 0 Å². The van der Waals surface area contributed by atoms with Gasteiger partial charge in [-0.25, -0.2) is 0 Å². The Kier molecular flexibility index (Phi) is 6.93. The van der Waals surface area contributed by atoms with Crippen molar-refractivity contribution in [3.05, 3.63) is 0 Å². The summed E-state index contributed by atoms with van der Waals surface area (Å²) in [7, 11) is -0.0382. The van der Waals surface area contributed by atoms with Crippen LogP contribution in [0.3, 0.4) is 0 Å². The fraction of sp³-hybridized carbons (Fsp3) is 1.00. The summed E-state index contributed by atoms with van der Waals surface area (Å²) in [6, 6.07) is 1.68. The monoisotopic (exact) mass is 165 g/mol. The lowest BCUT2D eigenvalue weighted by Crippen LogP contribution is -2.01. The highest BCUT2D eigenvalue weighted by Gasteiger charge is 1.94. The molecule has 0 saturated carbocycles. The normalized spacial score (nSPS) is 10.7. The average molecular weight is 166 g/mol. The van der Waals surface area contributed by atoms with Gasteiger partial charge in [-0.15, -0.1) is 0 Å². The SMILES string of the molecule is C[Si](C)CCCOCCl. The summed E-state index contributed by atoms with van der Waals surface area (Å²) in [6.45, 7) is 5.45. The fourth-order valence-electron chi connectivity index (χ4n) is 0.582. The van der Waals surface area contributed by atoms with Crippen molar-refractivity contribution >= 4 is 20.4 Å². The number of rotatable bonds is 5. The molecule has 0 aromatic heterocycles. The average Bonchev–Trinajstić information content (AvgIpc) is 1.80. The van der Waals surface area contributed by atoms with Gasteiger partial charge in [0, 0.05) is 15.4 Å². The maximum absolute atomic E-state index is 5.30. The van der Waals surface area contributed by atoms with Crippen LogP contribution in [0.5, 0.6) is 0 Å². The Bertz CT molecular complexity index is 59.0. The van der Waals surface area contributed by atoms with Gasteiger partial charge in [0.05, 0.1) is 0 Å². The molecular formula is C6H14ClOSi. The molecule has 0 amide bonds. The second-order valence-corrected chi connectivity index (χ2v) is 5.46. The molecule has 3 heteroatoms. The quantitative estimate of drug-likeness (QED) is 0.345. The highest BCUT2D eigenvalue weighted by atomic mass is 35.5. The molecule has 0 N–H and O–H groups in total. The predicted octanol–water partition coefficient (Wildman–Crippen LogP) is 2.34. The first kappa shape index (κ1) is 9.47. The van der Waals surface area contributed by atoms with Gasteiger partial charge in [-0.1, -0.05) is 30.7 Å². The Morgan fingerprint density at radius 2 is 2.11 bits per heavy atom. The summed E-state index contributed by atoms with van der Waals surface area (Å²) in [6.07, 6.45) is 1.17. The molecule has 9 heavy (non-hydrogen) atoms. The Balaban J connectivity index is 2.75. The molecule has 1 radical (unpaired) electrons. The molecule has 0 unspecified atom stereocenters. The van der Waals surface area contributed by atoms with Gasteiger partial charge in [0.2, 0.25) is 0 Å². The molecule has 55 valence electrons. The minimum atomic E-state index is -0.0382. The minimum Gasteiger partial charge on any atom is -0.366 e. The van der Waals surface area contributed by atoms with E-state index in [9.17, 15) is 0 Å². The van der Waals surface area contributed by atoms with Crippen LogP contribution >= 0.6 is 11.6 Å². The molecular weight excluding hydrogens is 152 g/mol. The summed E-state index contributed by atoms with van der Waals surface area (Å²) in [5.41, 5.74) is 0. The summed E-state index contributed by atoms with van der Waals surface area (Å²) in [5, 5.41) is 0. The van der Waals surface area contributed by atoms with Crippen LogP contribution in [0.25, 0.3) is 0 Å². The number of alkyl halides is 1. The van der Waals surface area contributed by atoms with Crippen LogP contribution in [0.1, 0.15) is 6.42 Å². The van der Waals surface area contributed by atoms with Crippen molar-refractivity contribution in [3.8, 4) is 0 Å². The van der Waals surface area contributed by atoms with Gasteiger partial charge in [0.25, 0.3) is 0 Å². The van der Waals surface area contributed by atoms with E-state index in [1.54, 1.807) is 0 Å². The number of hydrogen-bond donors (Lipinski definition) is 0. The standard InChI is InChI=1S/C6H14ClOSi/c1-9(2)5-3-4-8-6-7/h3-6H2,1-2H3. The van der Waals surface area contributed by atoms with Crippen LogP contribution < -0.4 is 0 Å². The molecule has 0 fully saturated rings. The van der Waals surface area contributed by atoms with E-state index in [4.69, 9.17) is 16.3 Å². The van der Waals surface area contributed by atoms with Gasteiger partial charge < -0.3 is 4.74 Å². The maximum atomic E-state index is 5.30. The van der Waals surface area contributed by atoms with Crippen molar-refractivity contribution in [2.75, 3.05) is 12.7 Å². The van der Waals surface area contributed by atoms with Crippen LogP contribution in [0.4, 0.5) is 0 Å². The second kappa shape index (κ2) is 6.58. The van der Waals surface area contributed by atoms with Crippen molar-refractivity contribution in [2.45, 2.75) is 25.6 Å². The zero-order valence-electron chi connectivity index (χ0n) is 6.11. The Morgan fingerprint density at radius 1 is 1.44 bits per heavy atom. The van der Waals surface area contributed by atoms with E-state index in [2.05, 4.69) is 13.1 Å². The molecule has 1 nitrogen and oxygen atoms in total. The van der Waals surface area contributed by atoms with Crippen LogP contribution in [-0.2, 0) is 4.74 Å². The van der Waals surface area contributed by atoms with E-state index in [1.165, 1.54) is 12.5 Å². The molecule has 0 spiro atoms. The van der Waals surface area contributed by atoms with Crippen molar-refractivity contribution < 1.29 is 4.74 Å². The first-order chi connectivity index (χ1) is 4.27. The zero-order chi connectivity index (χ0) is 7.11. The third-order valence-electron chi connectivity index (χ3n) is 1.04. The van der Waals surface area contributed by atoms with Gasteiger partial charge in [-0.05, 0) is 6.42 Å². The molecule has 0 rings (SSSR count). The zero-order valence-corrected chi connectivity index (χ0v) is 7.87. The van der Waals surface area contributed by atoms with Crippen molar-refractivity contribution in [1.29, 1.82) is 0 Å². The predicted molar refractivity (Wildman–Crippen MR) is 43.6 cm³/mol. The molecule has 0 aliphatic rings. The van der Waals surface area contributed by atoms with E-state index in [0.29, 0.717) is 6.07 Å². The van der Waals surface area contributed by atoms with Crippen LogP contribution in [0.15, 0.2) is 0 Å². The highest BCUT2D eigenvalue weighted by molar-refractivity contribution is 6.55. The Hall–Kier alpha value is 0.467. The molecule has 0 aliphatic heterocycles. The fourth-order valence-corrected chi connectivity index (χ4v) is 1.54. The molecule has 0 aromatic carbocycles. The molecule has 0 atom stereocenters. The first-order valence-corrected chi connectivity index (χ1v) is 6.44. The van der Waals surface area contributed by atoms with Gasteiger partial charge in [0.1, 0.15) is 6.07 Å². The van der Waals surface area contributed by atoms with E-state index in [0.717, 1.165) is 6.61 Å². The summed E-state index contributed by atoms with van der Waals surface area (Å²) in [5.74, 6) is 0. The van der Waals surface area contributed by atoms with E-state index in [-0.39, 0.29) is 8.80 Å². The first-order valence-electron chi connectivity index (χ1n) is 3.20.